The third-order valence-corrected chi connectivity index (χ3v) is 3.97. The Bertz CT molecular complexity index is 315. The maximum absolute atomic E-state index is 4.85. The maximum atomic E-state index is 4.85. The Morgan fingerprint density at radius 3 is 2.50 bits per heavy atom. The van der Waals surface area contributed by atoms with Crippen LogP contribution in [0, 0.1) is 5.92 Å². The monoisotopic (exact) mass is 215 g/mol. The normalized spacial score (nSPS) is 35.2. The third kappa shape index (κ3) is 1.56. The largest absolute Gasteiger partial charge is 0.276 e. The minimum atomic E-state index is -0.0851. The lowest BCUT2D eigenvalue weighted by Crippen LogP contribution is -2.51. The van der Waals surface area contributed by atoms with Crippen LogP contribution in [0.5, 0.6) is 0 Å². The average Bonchev–Trinajstić information content (AvgIpc) is 2.64. The summed E-state index contributed by atoms with van der Waals surface area (Å²) in [5.74, 6) is 1.62. The van der Waals surface area contributed by atoms with Crippen molar-refractivity contribution in [1.82, 2.24) is 4.90 Å². The van der Waals surface area contributed by atoms with Gasteiger partial charge in [0.1, 0.15) is 5.66 Å². The van der Waals surface area contributed by atoms with Gasteiger partial charge in [0.25, 0.3) is 0 Å². The molecule has 1 unspecified atom stereocenters. The summed E-state index contributed by atoms with van der Waals surface area (Å²) in [4.78, 5) is 7.41. The van der Waals surface area contributed by atoms with Crippen molar-refractivity contribution in [1.29, 1.82) is 0 Å². The molecule has 1 saturated carbocycles. The number of likely N-dealkylation sites (tertiary alicyclic amines) is 1. The standard InChI is InChI=1S/C14H19N2/c1-2-9-14(15-10-3-1,13-7-6-8-13)16-11-4-5-12-16/h1-3,9-10H,4-8,11-12H2. The van der Waals surface area contributed by atoms with E-state index in [1.54, 1.807) is 5.92 Å². The Balaban J connectivity index is 1.92. The Morgan fingerprint density at radius 2 is 1.81 bits per heavy atom. The molecule has 2 heterocycles. The van der Waals surface area contributed by atoms with Crippen molar-refractivity contribution < 1.29 is 0 Å². The fourth-order valence-corrected chi connectivity index (χ4v) is 2.90. The second-order valence-corrected chi connectivity index (χ2v) is 4.90. The smallest absolute Gasteiger partial charge is 0.138 e. The van der Waals surface area contributed by atoms with E-state index >= 15 is 0 Å². The van der Waals surface area contributed by atoms with E-state index in [1.165, 1.54) is 45.2 Å². The highest BCUT2D eigenvalue weighted by Gasteiger charge is 2.45. The van der Waals surface area contributed by atoms with Gasteiger partial charge in [-0.05, 0) is 37.8 Å². The van der Waals surface area contributed by atoms with E-state index in [9.17, 15) is 0 Å². The van der Waals surface area contributed by atoms with Gasteiger partial charge in [-0.1, -0.05) is 18.6 Å². The topological polar surface area (TPSA) is 15.6 Å². The molecule has 3 rings (SSSR count). The van der Waals surface area contributed by atoms with Crippen molar-refractivity contribution in [3.63, 3.8) is 0 Å². The van der Waals surface area contributed by atoms with Gasteiger partial charge in [0.05, 0.1) is 0 Å². The van der Waals surface area contributed by atoms with Crippen LogP contribution in [0.15, 0.2) is 29.3 Å². The zero-order chi connectivity index (χ0) is 10.8. The molecule has 85 valence electrons. The lowest BCUT2D eigenvalue weighted by molar-refractivity contribution is 0.157. The van der Waals surface area contributed by atoms with Crippen LogP contribution in [0.4, 0.5) is 0 Å². The van der Waals surface area contributed by atoms with E-state index < -0.39 is 0 Å². The summed E-state index contributed by atoms with van der Waals surface area (Å²) in [6, 6.07) is 0. The molecule has 16 heavy (non-hydrogen) atoms. The number of allylic oxidation sites excluding steroid dienone is 3. The van der Waals surface area contributed by atoms with Gasteiger partial charge in [-0.3, -0.25) is 9.89 Å². The molecule has 0 bridgehead atoms. The van der Waals surface area contributed by atoms with E-state index in [0.29, 0.717) is 0 Å². The molecular formula is C14H19N2. The fraction of sp³-hybridized carbons (Fsp3) is 0.571. The molecule has 1 saturated heterocycles. The van der Waals surface area contributed by atoms with Crippen molar-refractivity contribution in [2.45, 2.75) is 37.8 Å². The first kappa shape index (κ1) is 10.3. The maximum Gasteiger partial charge on any atom is 0.138 e. The Morgan fingerprint density at radius 1 is 1.00 bits per heavy atom. The zero-order valence-electron chi connectivity index (χ0n) is 9.73. The van der Waals surface area contributed by atoms with Crippen molar-refractivity contribution in [3.8, 4) is 0 Å². The van der Waals surface area contributed by atoms with Crippen LogP contribution in [0.25, 0.3) is 0 Å². The molecule has 1 aliphatic carbocycles. The van der Waals surface area contributed by atoms with Crippen LogP contribution in [-0.4, -0.2) is 29.9 Å². The van der Waals surface area contributed by atoms with Crippen molar-refractivity contribution >= 4 is 6.21 Å². The first-order chi connectivity index (χ1) is 7.92. The second kappa shape index (κ2) is 4.17. The van der Waals surface area contributed by atoms with E-state index in [2.05, 4.69) is 23.1 Å². The summed E-state index contributed by atoms with van der Waals surface area (Å²) < 4.78 is 0. The Kier molecular flexibility index (Phi) is 2.68. The highest BCUT2D eigenvalue weighted by molar-refractivity contribution is 5.73. The molecule has 0 aromatic carbocycles. The number of nitrogens with zero attached hydrogens (tertiary/aromatic N) is 2. The third-order valence-electron chi connectivity index (χ3n) is 3.97. The molecule has 1 atom stereocenters. The molecule has 0 N–H and O–H groups in total. The van der Waals surface area contributed by atoms with Crippen LogP contribution >= 0.6 is 0 Å². The zero-order valence-corrected chi connectivity index (χ0v) is 9.73. The molecule has 2 heteroatoms. The molecule has 3 aliphatic rings. The van der Waals surface area contributed by atoms with Gasteiger partial charge in [-0.25, -0.2) is 0 Å². The molecule has 0 spiro atoms. The molecular weight excluding hydrogens is 196 g/mol. The minimum Gasteiger partial charge on any atom is -0.276 e. The first-order valence-electron chi connectivity index (χ1n) is 6.42. The molecule has 0 amide bonds. The predicted octanol–water partition coefficient (Wildman–Crippen LogP) is 2.73. The van der Waals surface area contributed by atoms with Gasteiger partial charge in [0.2, 0.25) is 0 Å². The Labute approximate surface area is 97.7 Å². The average molecular weight is 215 g/mol. The number of hydrogen-bond acceptors (Lipinski definition) is 2. The number of aliphatic imine (C=N–C) groups is 1. The lowest BCUT2D eigenvalue weighted by atomic mass is 9.74. The fourth-order valence-electron chi connectivity index (χ4n) is 2.90. The summed E-state index contributed by atoms with van der Waals surface area (Å²) in [6.45, 7) is 2.40. The predicted molar refractivity (Wildman–Crippen MR) is 67.4 cm³/mol. The molecule has 2 fully saturated rings. The van der Waals surface area contributed by atoms with Gasteiger partial charge >= 0.3 is 0 Å². The molecule has 1 radical (unpaired) electrons. The molecule has 0 aromatic heterocycles. The van der Waals surface area contributed by atoms with E-state index in [4.69, 9.17) is 4.99 Å². The summed E-state index contributed by atoms with van der Waals surface area (Å²) >= 11 is 0. The minimum absolute atomic E-state index is 0.0851. The highest BCUT2D eigenvalue weighted by atomic mass is 15.3. The van der Waals surface area contributed by atoms with Gasteiger partial charge < -0.3 is 0 Å². The van der Waals surface area contributed by atoms with Gasteiger partial charge in [-0.2, -0.15) is 0 Å². The van der Waals surface area contributed by atoms with Crippen molar-refractivity contribution in [2.75, 3.05) is 13.1 Å². The van der Waals surface area contributed by atoms with Gasteiger partial charge in [0.15, 0.2) is 0 Å². The summed E-state index contributed by atoms with van der Waals surface area (Å²) in [6.07, 6.45) is 17.1. The van der Waals surface area contributed by atoms with Crippen LogP contribution in [0.2, 0.25) is 0 Å². The SMILES string of the molecule is C1=CC=NC([C]2CCC2)(N2CCCC2)C=C1. The van der Waals surface area contributed by atoms with Crippen LogP contribution in [-0.2, 0) is 0 Å². The highest BCUT2D eigenvalue weighted by Crippen LogP contribution is 2.45. The quantitative estimate of drug-likeness (QED) is 0.691. The molecule has 2 nitrogen and oxygen atoms in total. The van der Waals surface area contributed by atoms with Crippen LogP contribution < -0.4 is 0 Å². The summed E-state index contributed by atoms with van der Waals surface area (Å²) in [5, 5.41) is 0. The molecule has 2 aliphatic heterocycles. The number of rotatable bonds is 2. The summed E-state index contributed by atoms with van der Waals surface area (Å²) in [7, 11) is 0. The number of hydrogen-bond donors (Lipinski definition) is 0. The Hall–Kier alpha value is -0.890. The van der Waals surface area contributed by atoms with E-state index in [-0.39, 0.29) is 5.66 Å². The second-order valence-electron chi connectivity index (χ2n) is 4.90. The van der Waals surface area contributed by atoms with Gasteiger partial charge in [0, 0.05) is 25.2 Å². The lowest BCUT2D eigenvalue weighted by Gasteiger charge is -2.45. The van der Waals surface area contributed by atoms with Gasteiger partial charge in [-0.15, -0.1) is 0 Å². The van der Waals surface area contributed by atoms with Crippen molar-refractivity contribution in [3.05, 3.63) is 30.2 Å². The van der Waals surface area contributed by atoms with Crippen molar-refractivity contribution in [2.24, 2.45) is 4.99 Å². The molecule has 0 aromatic rings. The van der Waals surface area contributed by atoms with E-state index in [0.717, 1.165) is 0 Å². The van der Waals surface area contributed by atoms with E-state index in [1.807, 2.05) is 12.3 Å². The summed E-state index contributed by atoms with van der Waals surface area (Å²) in [5.41, 5.74) is -0.0851. The first-order valence-corrected chi connectivity index (χ1v) is 6.42. The van der Waals surface area contributed by atoms with Crippen LogP contribution in [0.3, 0.4) is 0 Å². The van der Waals surface area contributed by atoms with Crippen LogP contribution in [0.1, 0.15) is 32.1 Å².